The Morgan fingerprint density at radius 3 is 2.35 bits per heavy atom. The van der Waals surface area contributed by atoms with Crippen LogP contribution in [0.3, 0.4) is 0 Å². The molecular formula is C29H35ClF2N2O3. The van der Waals surface area contributed by atoms with Crippen molar-refractivity contribution in [3.8, 4) is 22.6 Å². The number of hydrogen-bond donors (Lipinski definition) is 2. The summed E-state index contributed by atoms with van der Waals surface area (Å²) in [6.45, 7) is 10.4. The van der Waals surface area contributed by atoms with E-state index in [2.05, 4.69) is 24.9 Å². The van der Waals surface area contributed by atoms with Crippen LogP contribution in [0.25, 0.3) is 11.1 Å². The van der Waals surface area contributed by atoms with E-state index in [4.69, 9.17) is 25.9 Å². The Kier molecular flexibility index (Phi) is 10.9. The summed E-state index contributed by atoms with van der Waals surface area (Å²) in [7, 11) is 1.40. The Hall–Kier alpha value is -3.16. The Balaban J connectivity index is 0.000000898. The van der Waals surface area contributed by atoms with Crippen molar-refractivity contribution >= 4 is 18.0 Å². The fourth-order valence-corrected chi connectivity index (χ4v) is 4.55. The zero-order valence-corrected chi connectivity index (χ0v) is 22.9. The number of halogens is 3. The number of nitrogens with two attached hydrogens (primary N) is 1. The third-order valence-electron chi connectivity index (χ3n) is 5.93. The van der Waals surface area contributed by atoms with E-state index in [0.717, 1.165) is 5.56 Å². The van der Waals surface area contributed by atoms with Gasteiger partial charge in [-0.05, 0) is 24.1 Å². The van der Waals surface area contributed by atoms with Crippen LogP contribution < -0.4 is 20.5 Å². The van der Waals surface area contributed by atoms with Crippen LogP contribution in [0.5, 0.6) is 11.5 Å². The highest BCUT2D eigenvalue weighted by Gasteiger charge is 2.43. The number of aryl methyl sites for hydroxylation is 1. The van der Waals surface area contributed by atoms with E-state index < -0.39 is 17.2 Å². The van der Waals surface area contributed by atoms with E-state index in [0.29, 0.717) is 35.4 Å². The van der Waals surface area contributed by atoms with Gasteiger partial charge in [0.1, 0.15) is 11.6 Å². The molecule has 0 radical (unpaired) electrons. The topological polar surface area (TPSA) is 73.6 Å². The van der Waals surface area contributed by atoms with Gasteiger partial charge in [-0.2, -0.15) is 0 Å². The van der Waals surface area contributed by atoms with Crippen molar-refractivity contribution in [2.75, 3.05) is 13.7 Å². The first-order valence-corrected chi connectivity index (χ1v) is 12.5. The molecule has 3 N–H and O–H groups in total. The summed E-state index contributed by atoms with van der Waals surface area (Å²) in [6.07, 6.45) is 0.664. The van der Waals surface area contributed by atoms with Gasteiger partial charge in [-0.15, -0.1) is 0 Å². The molecule has 37 heavy (non-hydrogen) atoms. The molecule has 8 heteroatoms. The minimum Gasteiger partial charge on any atom is -0.494 e. The molecule has 3 aromatic carbocycles. The molecule has 1 heterocycles. The molecule has 0 bridgehead atoms. The quantitative estimate of drug-likeness (QED) is 0.353. The normalized spacial score (nSPS) is 15.5. The number of rotatable bonds is 6. The number of benzene rings is 3. The van der Waals surface area contributed by atoms with Gasteiger partial charge in [0.15, 0.2) is 17.2 Å². The minimum atomic E-state index is -0.775. The maximum Gasteiger partial charge on any atom is 0.204 e. The second-order valence-corrected chi connectivity index (χ2v) is 8.99. The lowest BCUT2D eigenvalue weighted by molar-refractivity contribution is -0.106. The van der Waals surface area contributed by atoms with E-state index in [-0.39, 0.29) is 28.8 Å². The lowest BCUT2D eigenvalue weighted by Crippen LogP contribution is -2.44. The Bertz CT molecular complexity index is 1210. The van der Waals surface area contributed by atoms with Gasteiger partial charge >= 0.3 is 0 Å². The van der Waals surface area contributed by atoms with Crippen molar-refractivity contribution in [1.29, 1.82) is 0 Å². The van der Waals surface area contributed by atoms with Gasteiger partial charge in [-0.3, -0.25) is 4.79 Å². The lowest BCUT2D eigenvalue weighted by atomic mass is 9.85. The van der Waals surface area contributed by atoms with Crippen LogP contribution in [0.4, 0.5) is 8.78 Å². The van der Waals surface area contributed by atoms with Crippen molar-refractivity contribution in [2.24, 2.45) is 5.73 Å². The van der Waals surface area contributed by atoms with E-state index in [1.807, 2.05) is 44.2 Å². The van der Waals surface area contributed by atoms with Crippen LogP contribution >= 0.6 is 11.6 Å². The molecule has 3 aromatic rings. The standard InChI is InChI=1S/C26H26ClF2NO2.C2H6.CH3NO/c1-15(2)30-14-26(17-8-6-5-7-9-17)13-18-21(32-26)12-19(28)24(27)23(18)22-16(3)10-11-20(31-4)25(22)29;1-2;2-1-3/h5-12,15,30H,13-14H2,1-4H3;1-2H3;1H,(H2,2,3)/t26-;;/m1../s1. The van der Waals surface area contributed by atoms with Crippen molar-refractivity contribution < 1.29 is 23.0 Å². The molecule has 1 aliphatic rings. The monoisotopic (exact) mass is 532 g/mol. The number of carbonyl (C=O) groups is 1. The third kappa shape index (κ3) is 6.40. The van der Waals surface area contributed by atoms with Crippen molar-refractivity contribution in [3.05, 3.63) is 81.9 Å². The Labute approximate surface area is 222 Å². The van der Waals surface area contributed by atoms with Crippen LogP contribution in [0.15, 0.2) is 48.5 Å². The van der Waals surface area contributed by atoms with Crippen molar-refractivity contribution in [3.63, 3.8) is 0 Å². The lowest BCUT2D eigenvalue weighted by Gasteiger charge is -2.31. The number of ether oxygens (including phenoxy) is 2. The summed E-state index contributed by atoms with van der Waals surface area (Å²) >= 11 is 6.46. The van der Waals surface area contributed by atoms with E-state index in [1.54, 1.807) is 19.1 Å². The number of amides is 1. The average molecular weight is 533 g/mol. The van der Waals surface area contributed by atoms with Crippen LogP contribution in [0, 0.1) is 18.6 Å². The van der Waals surface area contributed by atoms with Gasteiger partial charge in [0.25, 0.3) is 0 Å². The van der Waals surface area contributed by atoms with Crippen LogP contribution in [-0.4, -0.2) is 26.1 Å². The molecule has 0 saturated heterocycles. The average Bonchev–Trinajstić information content (AvgIpc) is 3.26. The zero-order valence-electron chi connectivity index (χ0n) is 22.1. The maximum absolute atomic E-state index is 15.4. The fraction of sp³-hybridized carbons (Fsp3) is 0.345. The summed E-state index contributed by atoms with van der Waals surface area (Å²) in [5.74, 6) is -0.769. The van der Waals surface area contributed by atoms with Gasteiger partial charge in [0, 0.05) is 41.8 Å². The summed E-state index contributed by atoms with van der Waals surface area (Å²) in [5, 5.41) is 3.32. The van der Waals surface area contributed by atoms with Crippen LogP contribution in [-0.2, 0) is 16.8 Å². The van der Waals surface area contributed by atoms with E-state index >= 15 is 4.39 Å². The predicted molar refractivity (Wildman–Crippen MR) is 145 cm³/mol. The fourth-order valence-electron chi connectivity index (χ4n) is 4.29. The largest absolute Gasteiger partial charge is 0.494 e. The van der Waals surface area contributed by atoms with Gasteiger partial charge < -0.3 is 20.5 Å². The van der Waals surface area contributed by atoms with Crippen LogP contribution in [0.2, 0.25) is 5.02 Å². The van der Waals surface area contributed by atoms with Gasteiger partial charge in [-0.1, -0.05) is 75.7 Å². The number of hydrogen-bond acceptors (Lipinski definition) is 4. The molecule has 0 aromatic heterocycles. The maximum atomic E-state index is 15.4. The summed E-state index contributed by atoms with van der Waals surface area (Å²) in [6, 6.07) is 14.6. The van der Waals surface area contributed by atoms with E-state index in [1.165, 1.54) is 13.2 Å². The number of primary amides is 1. The molecule has 1 aliphatic heterocycles. The first kappa shape index (κ1) is 30.1. The van der Waals surface area contributed by atoms with Crippen molar-refractivity contribution in [1.82, 2.24) is 5.32 Å². The van der Waals surface area contributed by atoms with Gasteiger partial charge in [-0.25, -0.2) is 8.78 Å². The SMILES string of the molecule is CC.COc1ccc(C)c(-c2c(Cl)c(F)cc3c2C[C@@](CNC(C)C)(c2ccccc2)O3)c1F.NC=O. The highest BCUT2D eigenvalue weighted by molar-refractivity contribution is 6.34. The number of nitrogens with one attached hydrogen (secondary N) is 1. The molecule has 0 saturated carbocycles. The molecule has 0 unspecified atom stereocenters. The minimum absolute atomic E-state index is 0.0781. The summed E-state index contributed by atoms with van der Waals surface area (Å²) in [4.78, 5) is 8.58. The smallest absolute Gasteiger partial charge is 0.204 e. The highest BCUT2D eigenvalue weighted by Crippen LogP contribution is 2.50. The zero-order chi connectivity index (χ0) is 27.8. The number of fused-ring (bicyclic) bond motifs is 1. The van der Waals surface area contributed by atoms with Gasteiger partial charge in [0.2, 0.25) is 6.41 Å². The van der Waals surface area contributed by atoms with Gasteiger partial charge in [0.05, 0.1) is 12.1 Å². The third-order valence-corrected chi connectivity index (χ3v) is 6.30. The van der Waals surface area contributed by atoms with Crippen molar-refractivity contribution in [2.45, 2.75) is 52.7 Å². The molecule has 1 amide bonds. The Morgan fingerprint density at radius 2 is 1.78 bits per heavy atom. The molecular weight excluding hydrogens is 498 g/mol. The van der Waals surface area contributed by atoms with Crippen LogP contribution in [0.1, 0.15) is 44.4 Å². The second-order valence-electron chi connectivity index (χ2n) is 8.61. The molecule has 5 nitrogen and oxygen atoms in total. The number of methoxy groups -OCH3 is 1. The molecule has 1 atom stereocenters. The highest BCUT2D eigenvalue weighted by atomic mass is 35.5. The first-order chi connectivity index (χ1) is 17.7. The molecule has 4 rings (SSSR count). The number of carbonyl (C=O) groups excluding carboxylic acids is 1. The predicted octanol–water partition coefficient (Wildman–Crippen LogP) is 6.56. The second kappa shape index (κ2) is 13.4. The summed E-state index contributed by atoms with van der Waals surface area (Å²) < 4.78 is 42.0. The first-order valence-electron chi connectivity index (χ1n) is 12.2. The molecule has 200 valence electrons. The Morgan fingerprint density at radius 1 is 1.16 bits per heavy atom. The summed E-state index contributed by atoms with van der Waals surface area (Å²) in [5.41, 5.74) is 6.21. The molecule has 0 spiro atoms. The van der Waals surface area contributed by atoms with E-state index in [9.17, 15) is 4.39 Å². The molecule has 0 fully saturated rings. The molecule has 0 aliphatic carbocycles.